The minimum absolute atomic E-state index is 0.0162. The van der Waals surface area contributed by atoms with Gasteiger partial charge in [0.25, 0.3) is 10.0 Å². The van der Waals surface area contributed by atoms with Gasteiger partial charge in [0, 0.05) is 21.6 Å². The number of fused-ring (bicyclic) bond motifs is 1. The van der Waals surface area contributed by atoms with Crippen LogP contribution in [0.25, 0.3) is 22.0 Å². The van der Waals surface area contributed by atoms with Crippen molar-refractivity contribution >= 4 is 44.4 Å². The van der Waals surface area contributed by atoms with Crippen molar-refractivity contribution in [1.29, 1.82) is 0 Å². The molecule has 0 amide bonds. The number of rotatable bonds is 5. The molecule has 0 radical (unpaired) electrons. The maximum atomic E-state index is 13.0. The van der Waals surface area contributed by atoms with E-state index in [1.807, 2.05) is 0 Å². The van der Waals surface area contributed by atoms with Crippen LogP contribution in [0.15, 0.2) is 71.6 Å². The maximum Gasteiger partial charge on any atom is 0.512 e. The molecular formula is C25H23ClN2O5S. The van der Waals surface area contributed by atoms with Gasteiger partial charge in [0.2, 0.25) is 5.88 Å². The Hall–Kier alpha value is -3.49. The van der Waals surface area contributed by atoms with Crippen molar-refractivity contribution in [2.75, 3.05) is 4.72 Å². The average molecular weight is 499 g/mol. The summed E-state index contributed by atoms with van der Waals surface area (Å²) in [6.07, 6.45) is -1.48. The average Bonchev–Trinajstić information content (AvgIpc) is 3.09. The van der Waals surface area contributed by atoms with Crippen LogP contribution in [0.2, 0.25) is 5.02 Å². The molecule has 0 spiro atoms. The van der Waals surface area contributed by atoms with Crippen molar-refractivity contribution in [2.24, 2.45) is 0 Å². The van der Waals surface area contributed by atoms with Crippen molar-refractivity contribution in [1.82, 2.24) is 4.98 Å². The number of sulfonamides is 1. The van der Waals surface area contributed by atoms with Gasteiger partial charge in [0.05, 0.1) is 10.5 Å². The molecule has 3 N–H and O–H groups in total. The highest BCUT2D eigenvalue weighted by Crippen LogP contribution is 2.39. The zero-order chi connectivity index (χ0) is 24.7. The summed E-state index contributed by atoms with van der Waals surface area (Å²) in [7, 11) is -3.85. The summed E-state index contributed by atoms with van der Waals surface area (Å²) in [5.74, 6) is 0.0162. The summed E-state index contributed by atoms with van der Waals surface area (Å²) in [6, 6.07) is 18.5. The molecule has 1 heterocycles. The Morgan fingerprint density at radius 3 is 2.35 bits per heavy atom. The quantitative estimate of drug-likeness (QED) is 0.267. The highest BCUT2D eigenvalue weighted by atomic mass is 35.5. The van der Waals surface area contributed by atoms with E-state index in [9.17, 15) is 13.2 Å². The number of hydrogen-bond donors (Lipinski definition) is 3. The minimum Gasteiger partial charge on any atom is -0.449 e. The number of carboxylic acid groups (broad SMARTS) is 1. The first-order chi connectivity index (χ1) is 15.9. The third-order valence-corrected chi connectivity index (χ3v) is 6.98. The van der Waals surface area contributed by atoms with Crippen LogP contribution >= 0.6 is 11.6 Å². The van der Waals surface area contributed by atoms with Gasteiger partial charge in [0.15, 0.2) is 0 Å². The van der Waals surface area contributed by atoms with Crippen molar-refractivity contribution < 1.29 is 23.1 Å². The highest BCUT2D eigenvalue weighted by molar-refractivity contribution is 7.92. The van der Waals surface area contributed by atoms with Gasteiger partial charge >= 0.3 is 6.16 Å². The molecular weight excluding hydrogens is 476 g/mol. The Morgan fingerprint density at radius 2 is 1.74 bits per heavy atom. The van der Waals surface area contributed by atoms with Gasteiger partial charge in [0.1, 0.15) is 0 Å². The molecule has 176 valence electrons. The first kappa shape index (κ1) is 23.7. The van der Waals surface area contributed by atoms with Crippen LogP contribution < -0.4 is 9.46 Å². The minimum atomic E-state index is -3.85. The summed E-state index contributed by atoms with van der Waals surface area (Å²) < 4.78 is 33.6. The number of hydrogen-bond acceptors (Lipinski definition) is 4. The van der Waals surface area contributed by atoms with Crippen LogP contribution in [0, 0.1) is 0 Å². The largest absolute Gasteiger partial charge is 0.512 e. The predicted octanol–water partition coefficient (Wildman–Crippen LogP) is 6.64. The fourth-order valence-corrected chi connectivity index (χ4v) is 4.91. The molecule has 0 aliphatic rings. The Balaban J connectivity index is 1.76. The van der Waals surface area contributed by atoms with Crippen molar-refractivity contribution in [2.45, 2.75) is 31.1 Å². The monoisotopic (exact) mass is 498 g/mol. The second-order valence-electron chi connectivity index (χ2n) is 8.85. The van der Waals surface area contributed by atoms with E-state index in [-0.39, 0.29) is 16.2 Å². The van der Waals surface area contributed by atoms with E-state index in [1.165, 1.54) is 0 Å². The van der Waals surface area contributed by atoms with E-state index >= 15 is 0 Å². The van der Waals surface area contributed by atoms with Gasteiger partial charge in [-0.15, -0.1) is 0 Å². The molecule has 0 bridgehead atoms. The smallest absolute Gasteiger partial charge is 0.449 e. The van der Waals surface area contributed by atoms with Gasteiger partial charge in [-0.25, -0.2) is 13.2 Å². The second kappa shape index (κ2) is 8.70. The number of H-pyrrole nitrogens is 1. The van der Waals surface area contributed by atoms with E-state index in [4.69, 9.17) is 21.4 Å². The first-order valence-electron chi connectivity index (χ1n) is 10.4. The zero-order valence-electron chi connectivity index (χ0n) is 18.7. The van der Waals surface area contributed by atoms with Crippen LogP contribution in [0.3, 0.4) is 0 Å². The highest BCUT2D eigenvalue weighted by Gasteiger charge is 2.21. The summed E-state index contributed by atoms with van der Waals surface area (Å²) in [5, 5.41) is 10.2. The number of anilines is 1. The number of benzene rings is 3. The van der Waals surface area contributed by atoms with E-state index in [1.54, 1.807) is 66.7 Å². The van der Waals surface area contributed by atoms with Crippen molar-refractivity contribution in [3.63, 3.8) is 0 Å². The standard InChI is InChI=1S/C25H23ClN2O5S/c1-25(2,3)16-7-10-19(11-8-16)34(31,32)28-18-9-12-21-20(14-18)22(23(27-21)33-24(29)30)15-5-4-6-17(26)13-15/h4-14,27-28H,1-3H3,(H,29,30). The molecule has 4 aromatic rings. The molecule has 1 aromatic heterocycles. The molecule has 0 saturated carbocycles. The van der Waals surface area contributed by atoms with E-state index in [0.29, 0.717) is 32.7 Å². The molecule has 4 rings (SSSR count). The molecule has 0 atom stereocenters. The number of ether oxygens (including phenoxy) is 1. The third-order valence-electron chi connectivity index (χ3n) is 5.35. The topological polar surface area (TPSA) is 108 Å². The van der Waals surface area contributed by atoms with Gasteiger partial charge in [-0.1, -0.05) is 56.6 Å². The van der Waals surface area contributed by atoms with Crippen molar-refractivity contribution in [3.05, 3.63) is 77.3 Å². The van der Waals surface area contributed by atoms with E-state index in [0.717, 1.165) is 5.56 Å². The Morgan fingerprint density at radius 1 is 1.03 bits per heavy atom. The van der Waals surface area contributed by atoms with Crippen LogP contribution in [-0.4, -0.2) is 24.7 Å². The molecule has 0 fully saturated rings. The lowest BCUT2D eigenvalue weighted by molar-refractivity contribution is 0.143. The second-order valence-corrected chi connectivity index (χ2v) is 11.0. The normalized spacial score (nSPS) is 12.0. The SMILES string of the molecule is CC(C)(C)c1ccc(S(=O)(=O)Nc2ccc3[nH]c(OC(=O)O)c(-c4cccc(Cl)c4)c3c2)cc1. The molecule has 34 heavy (non-hydrogen) atoms. The van der Waals surface area contributed by atoms with Crippen molar-refractivity contribution in [3.8, 4) is 17.0 Å². The van der Waals surface area contributed by atoms with Crippen LogP contribution in [0.4, 0.5) is 10.5 Å². The Bertz CT molecular complexity index is 1490. The summed E-state index contributed by atoms with van der Waals surface area (Å²) >= 11 is 6.14. The zero-order valence-corrected chi connectivity index (χ0v) is 20.3. The van der Waals surface area contributed by atoms with Gasteiger partial charge in [-0.2, -0.15) is 0 Å². The van der Waals surface area contributed by atoms with Gasteiger partial charge in [-0.3, -0.25) is 4.72 Å². The maximum absolute atomic E-state index is 13.0. The van der Waals surface area contributed by atoms with Gasteiger partial charge < -0.3 is 14.8 Å². The number of nitrogens with one attached hydrogen (secondary N) is 2. The van der Waals surface area contributed by atoms with Gasteiger partial charge in [-0.05, 0) is 59.0 Å². The summed E-state index contributed by atoms with van der Waals surface area (Å²) in [4.78, 5) is 14.3. The number of carbonyl (C=O) groups is 1. The summed E-state index contributed by atoms with van der Waals surface area (Å²) in [5.41, 5.74) is 2.89. The number of aromatic amines is 1. The first-order valence-corrected chi connectivity index (χ1v) is 12.3. The van der Waals surface area contributed by atoms with E-state index in [2.05, 4.69) is 30.5 Å². The Kier molecular flexibility index (Phi) is 6.05. The molecule has 0 aliphatic heterocycles. The lowest BCUT2D eigenvalue weighted by atomic mass is 9.87. The molecule has 9 heteroatoms. The van der Waals surface area contributed by atoms with Crippen LogP contribution in [-0.2, 0) is 15.4 Å². The molecule has 3 aromatic carbocycles. The molecule has 0 unspecified atom stereocenters. The van der Waals surface area contributed by atoms with Crippen LogP contribution in [0.5, 0.6) is 5.88 Å². The fraction of sp³-hybridized carbons (Fsp3) is 0.160. The number of halogens is 1. The molecule has 7 nitrogen and oxygen atoms in total. The lowest BCUT2D eigenvalue weighted by Gasteiger charge is -2.19. The molecule has 0 saturated heterocycles. The third kappa shape index (κ3) is 4.88. The number of aromatic nitrogens is 1. The fourth-order valence-electron chi connectivity index (χ4n) is 3.67. The molecule has 0 aliphatic carbocycles. The lowest BCUT2D eigenvalue weighted by Crippen LogP contribution is -2.14. The predicted molar refractivity (Wildman–Crippen MR) is 133 cm³/mol. The Labute approximate surface area is 202 Å². The van der Waals surface area contributed by atoms with E-state index < -0.39 is 16.2 Å². The summed E-state index contributed by atoms with van der Waals surface area (Å²) in [6.45, 7) is 6.17. The van der Waals surface area contributed by atoms with Crippen LogP contribution in [0.1, 0.15) is 26.3 Å².